The molecule has 1 atom stereocenters. The van der Waals surface area contributed by atoms with Gasteiger partial charge in [-0.15, -0.1) is 0 Å². The van der Waals surface area contributed by atoms with Crippen LogP contribution in [0.5, 0.6) is 5.75 Å². The maximum absolute atomic E-state index is 12.4. The number of anilines is 1. The van der Waals surface area contributed by atoms with Gasteiger partial charge in [0.1, 0.15) is 5.75 Å². The second kappa shape index (κ2) is 8.47. The minimum absolute atomic E-state index is 0.0607. The van der Waals surface area contributed by atoms with Gasteiger partial charge in [-0.25, -0.2) is 0 Å². The Morgan fingerprint density at radius 1 is 1.22 bits per heavy atom. The summed E-state index contributed by atoms with van der Waals surface area (Å²) < 4.78 is 29.4. The van der Waals surface area contributed by atoms with Gasteiger partial charge in [0, 0.05) is 24.0 Å². The van der Waals surface area contributed by atoms with Gasteiger partial charge < -0.3 is 15.0 Å². The quantitative estimate of drug-likeness (QED) is 0.747. The van der Waals surface area contributed by atoms with Crippen LogP contribution in [-0.4, -0.2) is 25.0 Å². The molecule has 0 radical (unpaired) electrons. The van der Waals surface area contributed by atoms with Crippen LogP contribution in [0.4, 0.5) is 14.5 Å². The molecular formula is C19H17BrF2N2O3. The summed E-state index contributed by atoms with van der Waals surface area (Å²) in [6.07, 6.45) is 0.147. The molecule has 2 aromatic rings. The van der Waals surface area contributed by atoms with Crippen LogP contribution in [0.25, 0.3) is 0 Å². The normalized spacial score (nSPS) is 16.7. The molecule has 1 heterocycles. The van der Waals surface area contributed by atoms with E-state index < -0.39 is 12.5 Å². The average Bonchev–Trinajstić information content (AvgIpc) is 3.02. The van der Waals surface area contributed by atoms with Crippen molar-refractivity contribution in [2.75, 3.05) is 11.4 Å². The van der Waals surface area contributed by atoms with E-state index >= 15 is 0 Å². The monoisotopic (exact) mass is 438 g/mol. The molecule has 0 bridgehead atoms. The third-order valence-corrected chi connectivity index (χ3v) is 4.92. The number of ether oxygens (including phenoxy) is 1. The molecule has 3 rings (SSSR count). The lowest BCUT2D eigenvalue weighted by molar-refractivity contribution is -0.126. The van der Waals surface area contributed by atoms with Crippen LogP contribution in [0.2, 0.25) is 0 Å². The highest BCUT2D eigenvalue weighted by atomic mass is 79.9. The van der Waals surface area contributed by atoms with Crippen LogP contribution >= 0.6 is 15.9 Å². The van der Waals surface area contributed by atoms with Crippen molar-refractivity contribution in [3.8, 4) is 5.75 Å². The number of halogens is 3. The molecule has 2 amide bonds. The fourth-order valence-corrected chi connectivity index (χ4v) is 3.41. The first kappa shape index (κ1) is 19.3. The number of para-hydroxylation sites is 1. The van der Waals surface area contributed by atoms with Crippen LogP contribution in [0, 0.1) is 5.92 Å². The van der Waals surface area contributed by atoms with Crippen molar-refractivity contribution in [1.29, 1.82) is 0 Å². The van der Waals surface area contributed by atoms with E-state index in [0.717, 1.165) is 15.7 Å². The van der Waals surface area contributed by atoms with Gasteiger partial charge >= 0.3 is 6.61 Å². The number of alkyl halides is 2. The fourth-order valence-electron chi connectivity index (χ4n) is 2.91. The van der Waals surface area contributed by atoms with E-state index in [1.54, 1.807) is 17.0 Å². The van der Waals surface area contributed by atoms with Crippen LogP contribution < -0.4 is 15.0 Å². The smallest absolute Gasteiger partial charge is 0.387 e. The largest absolute Gasteiger partial charge is 0.435 e. The van der Waals surface area contributed by atoms with Crippen LogP contribution in [0.15, 0.2) is 53.0 Å². The molecule has 5 nitrogen and oxygen atoms in total. The second-order valence-corrected chi connectivity index (χ2v) is 6.95. The third-order valence-electron chi connectivity index (χ3n) is 4.25. The Hall–Kier alpha value is -2.48. The topological polar surface area (TPSA) is 58.6 Å². The van der Waals surface area contributed by atoms with Gasteiger partial charge in [-0.2, -0.15) is 8.78 Å². The van der Waals surface area contributed by atoms with Crippen LogP contribution in [0.1, 0.15) is 12.0 Å². The molecule has 1 saturated heterocycles. The Kier molecular flexibility index (Phi) is 6.05. The van der Waals surface area contributed by atoms with E-state index in [1.807, 2.05) is 24.3 Å². The molecule has 142 valence electrons. The molecule has 27 heavy (non-hydrogen) atoms. The Morgan fingerprint density at radius 2 is 1.93 bits per heavy atom. The molecule has 8 heteroatoms. The molecule has 1 unspecified atom stereocenters. The molecule has 2 aromatic carbocycles. The lowest BCUT2D eigenvalue weighted by Crippen LogP contribution is -2.32. The Labute approximate surface area is 163 Å². The molecule has 1 aliphatic heterocycles. The first-order chi connectivity index (χ1) is 12.9. The van der Waals surface area contributed by atoms with Gasteiger partial charge in [0.2, 0.25) is 11.8 Å². The maximum atomic E-state index is 12.4. The van der Waals surface area contributed by atoms with Crippen molar-refractivity contribution in [3.05, 3.63) is 58.6 Å². The number of amides is 2. The van der Waals surface area contributed by atoms with Gasteiger partial charge in [0.25, 0.3) is 0 Å². The van der Waals surface area contributed by atoms with E-state index in [4.69, 9.17) is 0 Å². The average molecular weight is 439 g/mol. The van der Waals surface area contributed by atoms with E-state index in [1.165, 1.54) is 12.1 Å². The van der Waals surface area contributed by atoms with Gasteiger partial charge in [-0.1, -0.05) is 24.3 Å². The Bertz CT molecular complexity index is 830. The fraction of sp³-hybridized carbons (Fsp3) is 0.263. The molecule has 0 spiro atoms. The minimum atomic E-state index is -2.87. The Morgan fingerprint density at radius 3 is 2.59 bits per heavy atom. The summed E-state index contributed by atoms with van der Waals surface area (Å²) in [5, 5.41) is 2.79. The molecule has 1 fully saturated rings. The molecular weight excluding hydrogens is 422 g/mol. The first-order valence-corrected chi connectivity index (χ1v) is 9.09. The molecule has 0 aliphatic carbocycles. The zero-order valence-corrected chi connectivity index (χ0v) is 15.8. The van der Waals surface area contributed by atoms with Crippen LogP contribution in [0.3, 0.4) is 0 Å². The molecule has 1 N–H and O–H groups in total. The van der Waals surface area contributed by atoms with Crippen molar-refractivity contribution in [3.63, 3.8) is 0 Å². The highest BCUT2D eigenvalue weighted by Crippen LogP contribution is 2.31. The SMILES string of the molecule is O=C(NCc1ccc(OC(F)F)cc1)C1CC(=O)N(c2ccccc2Br)C1. The summed E-state index contributed by atoms with van der Waals surface area (Å²) in [5.74, 6) is -0.696. The van der Waals surface area contributed by atoms with E-state index in [-0.39, 0.29) is 30.5 Å². The van der Waals surface area contributed by atoms with Gasteiger partial charge in [-0.3, -0.25) is 9.59 Å². The summed E-state index contributed by atoms with van der Waals surface area (Å²) in [6, 6.07) is 13.4. The summed E-state index contributed by atoms with van der Waals surface area (Å²) in [4.78, 5) is 26.3. The number of benzene rings is 2. The van der Waals surface area contributed by atoms with Gasteiger partial charge in [0.15, 0.2) is 0 Å². The standard InChI is InChI=1S/C19H17BrF2N2O3/c20-15-3-1-2-4-16(15)24-11-13(9-17(24)25)18(26)23-10-12-5-7-14(8-6-12)27-19(21)22/h1-8,13,19H,9-11H2,(H,23,26). The number of hydrogen-bond donors (Lipinski definition) is 1. The third kappa shape index (κ3) is 4.82. The molecule has 1 aliphatic rings. The number of hydrogen-bond acceptors (Lipinski definition) is 3. The zero-order valence-electron chi connectivity index (χ0n) is 14.2. The first-order valence-electron chi connectivity index (χ1n) is 8.30. The number of rotatable bonds is 6. The van der Waals surface area contributed by atoms with Crippen molar-refractivity contribution < 1.29 is 23.1 Å². The second-order valence-electron chi connectivity index (χ2n) is 6.10. The van der Waals surface area contributed by atoms with E-state index in [0.29, 0.717) is 6.54 Å². The summed E-state index contributed by atoms with van der Waals surface area (Å²) in [5.41, 5.74) is 1.49. The zero-order chi connectivity index (χ0) is 19.4. The van der Waals surface area contributed by atoms with Crippen LogP contribution in [-0.2, 0) is 16.1 Å². The summed E-state index contributed by atoms with van der Waals surface area (Å²) in [7, 11) is 0. The van der Waals surface area contributed by atoms with Gasteiger partial charge in [-0.05, 0) is 45.8 Å². The van der Waals surface area contributed by atoms with Crippen molar-refractivity contribution >= 4 is 33.4 Å². The van der Waals surface area contributed by atoms with E-state index in [2.05, 4.69) is 26.0 Å². The molecule has 0 saturated carbocycles. The van der Waals surface area contributed by atoms with Crippen molar-refractivity contribution in [1.82, 2.24) is 5.32 Å². The van der Waals surface area contributed by atoms with Crippen molar-refractivity contribution in [2.24, 2.45) is 5.92 Å². The predicted octanol–water partition coefficient (Wildman–Crippen LogP) is 3.72. The lowest BCUT2D eigenvalue weighted by Gasteiger charge is -2.18. The number of carbonyl (C=O) groups is 2. The number of nitrogens with one attached hydrogen (secondary N) is 1. The minimum Gasteiger partial charge on any atom is -0.435 e. The Balaban J connectivity index is 1.56. The molecule has 0 aromatic heterocycles. The lowest BCUT2D eigenvalue weighted by atomic mass is 10.1. The summed E-state index contributed by atoms with van der Waals surface area (Å²) >= 11 is 3.42. The maximum Gasteiger partial charge on any atom is 0.387 e. The predicted molar refractivity (Wildman–Crippen MR) is 99.5 cm³/mol. The van der Waals surface area contributed by atoms with Crippen molar-refractivity contribution in [2.45, 2.75) is 19.6 Å². The van der Waals surface area contributed by atoms with Gasteiger partial charge in [0.05, 0.1) is 11.6 Å². The number of carbonyl (C=O) groups excluding carboxylic acids is 2. The highest BCUT2D eigenvalue weighted by Gasteiger charge is 2.35. The number of nitrogens with zero attached hydrogens (tertiary/aromatic N) is 1. The summed E-state index contributed by atoms with van der Waals surface area (Å²) in [6.45, 7) is -2.31. The highest BCUT2D eigenvalue weighted by molar-refractivity contribution is 9.10. The van der Waals surface area contributed by atoms with E-state index in [9.17, 15) is 18.4 Å².